The van der Waals surface area contributed by atoms with E-state index in [2.05, 4.69) is 0 Å². The van der Waals surface area contributed by atoms with Gasteiger partial charge in [0.1, 0.15) is 23.6 Å². The lowest BCUT2D eigenvalue weighted by Gasteiger charge is -2.60. The Balaban J connectivity index is 1.96. The molecule has 1 N–H and O–H groups in total. The number of Topliss-reactive ketones (excluding diaryl/α,β-unsaturated/α-hetero) is 2. The predicted molar refractivity (Wildman–Crippen MR) is 152 cm³/mol. The zero-order chi connectivity index (χ0) is 32.3. The van der Waals surface area contributed by atoms with Crippen LogP contribution in [0.25, 0.3) is 0 Å². The number of esters is 1. The summed E-state index contributed by atoms with van der Waals surface area (Å²) in [6, 6.07) is 0. The maximum absolute atomic E-state index is 14.3. The highest BCUT2D eigenvalue weighted by Crippen LogP contribution is 2.69. The molecule has 0 spiro atoms. The fourth-order valence-corrected chi connectivity index (χ4v) is 9.94. The van der Waals surface area contributed by atoms with Crippen LogP contribution in [-0.4, -0.2) is 82.2 Å². The molecule has 0 bridgehead atoms. The van der Waals surface area contributed by atoms with E-state index >= 15 is 0 Å². The van der Waals surface area contributed by atoms with Crippen molar-refractivity contribution < 1.29 is 54.2 Å². The topological polar surface area (TPSA) is 184 Å². The van der Waals surface area contributed by atoms with Crippen LogP contribution in [0.15, 0.2) is 11.6 Å². The van der Waals surface area contributed by atoms with Crippen molar-refractivity contribution in [2.45, 2.75) is 90.4 Å². The van der Waals surface area contributed by atoms with E-state index in [1.807, 2.05) is 6.92 Å². The largest absolute Gasteiger partial charge is 0.458 e. The van der Waals surface area contributed by atoms with Crippen LogP contribution >= 0.6 is 0 Å². The average molecular weight is 647 g/mol. The van der Waals surface area contributed by atoms with Crippen molar-refractivity contribution in [3.8, 4) is 0 Å². The molecule has 14 heteroatoms. The van der Waals surface area contributed by atoms with E-state index in [1.54, 1.807) is 13.8 Å². The summed E-state index contributed by atoms with van der Waals surface area (Å²) in [5.74, 6) is -5.41. The first-order valence-corrected chi connectivity index (χ1v) is 18.3. The van der Waals surface area contributed by atoms with Gasteiger partial charge in [0.2, 0.25) is 5.78 Å². The Morgan fingerprint density at radius 2 is 1.70 bits per heavy atom. The number of unbranched alkanes of at least 4 members (excludes halogenated alkanes) is 1. The average Bonchev–Trinajstić information content (AvgIpc) is 3.09. The van der Waals surface area contributed by atoms with Crippen LogP contribution < -0.4 is 0 Å². The van der Waals surface area contributed by atoms with E-state index in [0.29, 0.717) is 12.8 Å². The summed E-state index contributed by atoms with van der Waals surface area (Å²) in [7, 11) is -8.51. The van der Waals surface area contributed by atoms with Crippen LogP contribution in [0.2, 0.25) is 0 Å². The minimum atomic E-state index is -4.28. The van der Waals surface area contributed by atoms with Gasteiger partial charge in [-0.3, -0.25) is 27.5 Å². The van der Waals surface area contributed by atoms with Gasteiger partial charge < -0.3 is 9.84 Å². The van der Waals surface area contributed by atoms with Crippen molar-refractivity contribution in [3.05, 3.63) is 11.6 Å². The Bertz CT molecular complexity index is 1450. The molecule has 4 aliphatic carbocycles. The third-order valence-electron chi connectivity index (χ3n) is 10.4. The fraction of sp³-hybridized carbons (Fsp3) is 0.793. The van der Waals surface area contributed by atoms with Crippen molar-refractivity contribution in [3.63, 3.8) is 0 Å². The fourth-order valence-electron chi connectivity index (χ4n) is 8.72. The third kappa shape index (κ3) is 5.89. The lowest BCUT2D eigenvalue weighted by atomic mass is 9.44. The number of ketones is 3. The normalized spacial score (nSPS) is 39.4. The molecule has 43 heavy (non-hydrogen) atoms. The van der Waals surface area contributed by atoms with Gasteiger partial charge >= 0.3 is 5.97 Å². The second-order valence-electron chi connectivity index (χ2n) is 13.2. The smallest absolute Gasteiger partial charge is 0.303 e. The predicted octanol–water partition coefficient (Wildman–Crippen LogP) is 1.89. The maximum Gasteiger partial charge on any atom is 0.303 e. The number of carbonyl (C=O) groups excluding carboxylic acids is 4. The molecule has 0 unspecified atom stereocenters. The van der Waals surface area contributed by atoms with Gasteiger partial charge in [-0.2, -0.15) is 16.8 Å². The molecule has 3 saturated carbocycles. The number of carbonyl (C=O) groups is 4. The number of hydrogen-bond donors (Lipinski definition) is 1. The summed E-state index contributed by atoms with van der Waals surface area (Å²) in [5.41, 5.74) is -4.43. The van der Waals surface area contributed by atoms with Crippen molar-refractivity contribution in [2.75, 3.05) is 19.1 Å². The van der Waals surface area contributed by atoms with E-state index in [-0.39, 0.29) is 42.8 Å². The molecule has 3 fully saturated rings. The monoisotopic (exact) mass is 646 g/mol. The summed E-state index contributed by atoms with van der Waals surface area (Å²) in [6.45, 7) is 5.75. The molecule has 0 aromatic rings. The highest BCUT2D eigenvalue weighted by Gasteiger charge is 2.74. The zero-order valence-electron chi connectivity index (χ0n) is 25.5. The Kier molecular flexibility index (Phi) is 9.00. The molecular weight excluding hydrogens is 604 g/mol. The first kappa shape index (κ1) is 33.9. The summed E-state index contributed by atoms with van der Waals surface area (Å²) in [5, 5.41) is 12.4. The van der Waals surface area contributed by atoms with E-state index < -0.39 is 90.9 Å². The van der Waals surface area contributed by atoms with Gasteiger partial charge in [-0.05, 0) is 42.7 Å². The van der Waals surface area contributed by atoms with Crippen LogP contribution in [-0.2, 0) is 52.5 Å². The van der Waals surface area contributed by atoms with Crippen molar-refractivity contribution in [1.82, 2.24) is 0 Å². The lowest BCUT2D eigenvalue weighted by Crippen LogP contribution is -2.67. The molecular formula is C29H42O12S2. The number of hydrogen-bond acceptors (Lipinski definition) is 12. The molecule has 0 radical (unpaired) electrons. The molecule has 0 aromatic heterocycles. The summed E-state index contributed by atoms with van der Waals surface area (Å²) < 4.78 is 66.5. The van der Waals surface area contributed by atoms with Gasteiger partial charge in [0.15, 0.2) is 12.4 Å². The van der Waals surface area contributed by atoms with Crippen LogP contribution in [0.5, 0.6) is 0 Å². The van der Waals surface area contributed by atoms with Gasteiger partial charge in [-0.25, -0.2) is 0 Å². The Hall–Kier alpha value is -2.00. The minimum absolute atomic E-state index is 0.0889. The number of fused-ring (bicyclic) bond motifs is 5. The van der Waals surface area contributed by atoms with Gasteiger partial charge in [-0.15, -0.1) is 0 Å². The van der Waals surface area contributed by atoms with E-state index in [9.17, 15) is 41.1 Å². The van der Waals surface area contributed by atoms with Crippen molar-refractivity contribution >= 4 is 43.6 Å². The molecule has 4 rings (SSSR count). The first-order chi connectivity index (χ1) is 19.7. The minimum Gasteiger partial charge on any atom is -0.458 e. The highest BCUT2D eigenvalue weighted by atomic mass is 32.2. The van der Waals surface area contributed by atoms with E-state index in [0.717, 1.165) is 25.9 Å². The van der Waals surface area contributed by atoms with Crippen LogP contribution in [0.4, 0.5) is 0 Å². The van der Waals surface area contributed by atoms with Gasteiger partial charge in [0.25, 0.3) is 20.2 Å². The Labute approximate surface area is 253 Å². The Morgan fingerprint density at radius 1 is 1.07 bits per heavy atom. The van der Waals surface area contributed by atoms with Crippen molar-refractivity contribution in [1.29, 1.82) is 0 Å². The molecule has 0 saturated heterocycles. The summed E-state index contributed by atoms with van der Waals surface area (Å²) in [4.78, 5) is 52.3. The zero-order valence-corrected chi connectivity index (χ0v) is 27.1. The first-order valence-electron chi connectivity index (χ1n) is 14.6. The third-order valence-corrected chi connectivity index (χ3v) is 11.5. The van der Waals surface area contributed by atoms with E-state index in [1.165, 1.54) is 6.08 Å². The molecule has 9 atom stereocenters. The molecule has 242 valence electrons. The summed E-state index contributed by atoms with van der Waals surface area (Å²) in [6.07, 6.45) is 1.81. The van der Waals surface area contributed by atoms with Gasteiger partial charge in [-0.1, -0.05) is 33.6 Å². The van der Waals surface area contributed by atoms with Crippen molar-refractivity contribution in [2.24, 2.45) is 34.5 Å². The van der Waals surface area contributed by atoms with Crippen LogP contribution in [0, 0.1) is 34.5 Å². The molecule has 4 aliphatic rings. The number of ether oxygens (including phenoxy) is 1. The second kappa shape index (κ2) is 11.4. The van der Waals surface area contributed by atoms with E-state index in [4.69, 9.17) is 13.1 Å². The molecule has 0 amide bonds. The number of rotatable bonds is 10. The quantitative estimate of drug-likeness (QED) is 0.269. The standard InChI is InChI=1S/C29H42O12S2/c1-7-8-9-17-12-19-23-24(21(32)14-28(19,4)29(17,34)22(33)15-39-16(2)30)27(3)11-10-18(31)13-20(27)25(40-42(5,35)36)26(23)41-43(6,37)38/h13,17,19,23-26,34H,7-12,14-15H2,1-6H3/t17-,19+,23+,24+,25+,26-,27+,28+,29+/m1/s1. The van der Waals surface area contributed by atoms with Crippen LogP contribution in [0.1, 0.15) is 72.6 Å². The molecule has 0 aromatic carbocycles. The van der Waals surface area contributed by atoms with Gasteiger partial charge in [0.05, 0.1) is 12.5 Å². The summed E-state index contributed by atoms with van der Waals surface area (Å²) >= 11 is 0. The Morgan fingerprint density at radius 3 is 2.26 bits per heavy atom. The highest BCUT2D eigenvalue weighted by molar-refractivity contribution is 7.86. The molecule has 0 aliphatic heterocycles. The van der Waals surface area contributed by atoms with Crippen LogP contribution in [0.3, 0.4) is 0 Å². The number of aliphatic hydroxyl groups is 1. The SMILES string of the molecule is CCCC[C@@H]1C[C@H]2[C@@H]3[C@@H](OS(C)(=O)=O)[C@@H](OS(C)(=O)=O)C4=CC(=O)CC[C@]4(C)[C@H]3C(=O)C[C@]2(C)[C@@]1(O)C(=O)COC(C)=O. The molecule has 0 heterocycles. The lowest BCUT2D eigenvalue weighted by molar-refractivity contribution is -0.187. The maximum atomic E-state index is 14.3. The van der Waals surface area contributed by atoms with Gasteiger partial charge in [0, 0.05) is 42.4 Å². The molecule has 12 nitrogen and oxygen atoms in total. The second-order valence-corrected chi connectivity index (χ2v) is 16.4.